The first-order valence-electron chi connectivity index (χ1n) is 11.3. The zero-order valence-electron chi connectivity index (χ0n) is 19.2. The summed E-state index contributed by atoms with van der Waals surface area (Å²) in [5.41, 5.74) is 2.50. The normalized spacial score (nSPS) is 17.9. The number of carbonyl (C=O) groups excluding carboxylic acids is 1. The van der Waals surface area contributed by atoms with Gasteiger partial charge in [0.15, 0.2) is 16.6 Å². The van der Waals surface area contributed by atoms with Crippen molar-refractivity contribution in [1.29, 1.82) is 5.26 Å². The Morgan fingerprint density at radius 1 is 1.24 bits per heavy atom. The van der Waals surface area contributed by atoms with Crippen molar-refractivity contribution >= 4 is 40.9 Å². The van der Waals surface area contributed by atoms with Gasteiger partial charge in [-0.05, 0) is 54.9 Å². The highest BCUT2D eigenvalue weighted by atomic mass is 35.5. The molecule has 2 aromatic rings. The predicted octanol–water partition coefficient (Wildman–Crippen LogP) is 5.53. The Kier molecular flexibility index (Phi) is 7.40. The molecule has 1 saturated carbocycles. The number of halogens is 1. The van der Waals surface area contributed by atoms with Crippen LogP contribution in [-0.4, -0.2) is 41.0 Å². The third-order valence-electron chi connectivity index (χ3n) is 6.30. The van der Waals surface area contributed by atoms with Crippen LogP contribution in [0, 0.1) is 11.3 Å². The molecule has 2 aromatic carbocycles. The van der Waals surface area contributed by atoms with Gasteiger partial charge in [-0.1, -0.05) is 49.1 Å². The lowest BCUT2D eigenvalue weighted by Gasteiger charge is -2.30. The predicted molar refractivity (Wildman–Crippen MR) is 136 cm³/mol. The fraction of sp³-hybridized carbons (Fsp3) is 0.346. The number of rotatable bonds is 6. The largest absolute Gasteiger partial charge is 0.493 e. The van der Waals surface area contributed by atoms with E-state index in [-0.39, 0.29) is 18.6 Å². The monoisotopic (exact) mass is 495 g/mol. The summed E-state index contributed by atoms with van der Waals surface area (Å²) in [6, 6.07) is 13.1. The van der Waals surface area contributed by atoms with Gasteiger partial charge < -0.3 is 14.4 Å². The van der Waals surface area contributed by atoms with Crippen molar-refractivity contribution in [3.63, 3.8) is 0 Å². The maximum atomic E-state index is 13.3. The molecule has 34 heavy (non-hydrogen) atoms. The van der Waals surface area contributed by atoms with Gasteiger partial charge in [0.25, 0.3) is 5.91 Å². The molecule has 8 heteroatoms. The SMILES string of the molecule is COc1cc(/C=C2/C(=O)N(C3CCCCC3)C(=S)N2C)cc(Cl)c1OCc1ccccc1C#N. The van der Waals surface area contributed by atoms with Crippen molar-refractivity contribution < 1.29 is 14.3 Å². The van der Waals surface area contributed by atoms with E-state index in [1.54, 1.807) is 40.1 Å². The van der Waals surface area contributed by atoms with Gasteiger partial charge >= 0.3 is 0 Å². The highest BCUT2D eigenvalue weighted by Crippen LogP contribution is 2.38. The van der Waals surface area contributed by atoms with Gasteiger partial charge in [0.05, 0.1) is 23.8 Å². The lowest BCUT2D eigenvalue weighted by Crippen LogP contribution is -2.41. The number of methoxy groups -OCH3 is 1. The van der Waals surface area contributed by atoms with E-state index < -0.39 is 0 Å². The molecule has 0 N–H and O–H groups in total. The van der Waals surface area contributed by atoms with Crippen LogP contribution in [0.5, 0.6) is 11.5 Å². The lowest BCUT2D eigenvalue weighted by atomic mass is 9.94. The number of thiocarbonyl (C=S) groups is 1. The minimum atomic E-state index is -0.0806. The molecule has 0 atom stereocenters. The molecular weight excluding hydrogens is 470 g/mol. The standard InChI is InChI=1S/C26H26ClN3O3S/c1-29-22(25(31)30(26(29)34)20-10-4-3-5-11-20)13-17-12-21(27)24(23(14-17)32-2)33-16-19-9-7-6-8-18(19)15-28/h6-9,12-14,20H,3-5,10-11,16H2,1-2H3/b22-13-. The number of nitrogens with zero attached hydrogens (tertiary/aromatic N) is 3. The molecule has 1 aliphatic carbocycles. The number of likely N-dealkylation sites (N-methyl/N-ethyl adjacent to an activating group) is 1. The van der Waals surface area contributed by atoms with Crippen LogP contribution in [-0.2, 0) is 11.4 Å². The van der Waals surface area contributed by atoms with Crippen molar-refractivity contribution in [3.05, 3.63) is 63.8 Å². The minimum Gasteiger partial charge on any atom is -0.493 e. The van der Waals surface area contributed by atoms with E-state index in [1.807, 2.05) is 19.2 Å². The van der Waals surface area contributed by atoms with E-state index in [9.17, 15) is 10.1 Å². The maximum absolute atomic E-state index is 13.3. The van der Waals surface area contributed by atoms with Gasteiger partial charge in [0.2, 0.25) is 0 Å². The third-order valence-corrected chi connectivity index (χ3v) is 7.05. The second-order valence-corrected chi connectivity index (χ2v) is 9.20. The lowest BCUT2D eigenvalue weighted by molar-refractivity contribution is -0.124. The fourth-order valence-corrected chi connectivity index (χ4v) is 5.07. The first-order chi connectivity index (χ1) is 16.4. The molecule has 1 saturated heterocycles. The maximum Gasteiger partial charge on any atom is 0.277 e. The smallest absolute Gasteiger partial charge is 0.277 e. The molecule has 1 amide bonds. The van der Waals surface area contributed by atoms with Crippen LogP contribution in [0.15, 0.2) is 42.1 Å². The topological polar surface area (TPSA) is 65.8 Å². The molecule has 1 aliphatic heterocycles. The quantitative estimate of drug-likeness (QED) is 0.387. The average Bonchev–Trinajstić information content (AvgIpc) is 3.06. The first kappa shape index (κ1) is 24.1. The number of benzene rings is 2. The van der Waals surface area contributed by atoms with E-state index in [0.29, 0.717) is 38.5 Å². The van der Waals surface area contributed by atoms with Crippen LogP contribution < -0.4 is 9.47 Å². The van der Waals surface area contributed by atoms with Gasteiger partial charge in [0, 0.05) is 18.7 Å². The molecular formula is C26H26ClN3O3S. The Morgan fingerprint density at radius 3 is 2.68 bits per heavy atom. The van der Waals surface area contributed by atoms with Gasteiger partial charge in [0.1, 0.15) is 12.3 Å². The van der Waals surface area contributed by atoms with Gasteiger partial charge in [-0.2, -0.15) is 5.26 Å². The van der Waals surface area contributed by atoms with E-state index in [4.69, 9.17) is 33.3 Å². The molecule has 0 unspecified atom stereocenters. The Labute approximate surface area is 210 Å². The Balaban J connectivity index is 1.59. The van der Waals surface area contributed by atoms with Crippen molar-refractivity contribution in [2.24, 2.45) is 0 Å². The number of hydrogen-bond acceptors (Lipinski definition) is 5. The molecule has 4 rings (SSSR count). The van der Waals surface area contributed by atoms with Crippen LogP contribution >= 0.6 is 23.8 Å². The van der Waals surface area contributed by atoms with Crippen LogP contribution in [0.2, 0.25) is 5.02 Å². The van der Waals surface area contributed by atoms with Crippen LogP contribution in [0.25, 0.3) is 6.08 Å². The Hall–Kier alpha value is -3.08. The number of nitriles is 1. The van der Waals surface area contributed by atoms with E-state index >= 15 is 0 Å². The van der Waals surface area contributed by atoms with Gasteiger partial charge in [-0.15, -0.1) is 0 Å². The molecule has 176 valence electrons. The van der Waals surface area contributed by atoms with Gasteiger partial charge in [-0.25, -0.2) is 0 Å². The summed E-state index contributed by atoms with van der Waals surface area (Å²) in [7, 11) is 3.35. The minimum absolute atomic E-state index is 0.0806. The summed E-state index contributed by atoms with van der Waals surface area (Å²) in [4.78, 5) is 16.8. The van der Waals surface area contributed by atoms with Gasteiger partial charge in [-0.3, -0.25) is 9.69 Å². The second-order valence-electron chi connectivity index (χ2n) is 8.43. The highest BCUT2D eigenvalue weighted by molar-refractivity contribution is 7.80. The van der Waals surface area contributed by atoms with Crippen LogP contribution in [0.3, 0.4) is 0 Å². The molecule has 0 aromatic heterocycles. The Bertz CT molecular complexity index is 1180. The number of hydrogen-bond donors (Lipinski definition) is 0. The third kappa shape index (κ3) is 4.75. The summed E-state index contributed by atoms with van der Waals surface area (Å²) in [6.07, 6.45) is 7.18. The molecule has 0 radical (unpaired) electrons. The molecule has 6 nitrogen and oxygen atoms in total. The summed E-state index contributed by atoms with van der Waals surface area (Å²) >= 11 is 12.2. The molecule has 0 bridgehead atoms. The molecule has 0 spiro atoms. The number of carbonyl (C=O) groups is 1. The summed E-state index contributed by atoms with van der Waals surface area (Å²) in [6.45, 7) is 0.173. The van der Waals surface area contributed by atoms with Crippen molar-refractivity contribution in [2.45, 2.75) is 44.8 Å². The second kappa shape index (κ2) is 10.5. The van der Waals surface area contributed by atoms with Crippen LogP contribution in [0.4, 0.5) is 0 Å². The molecule has 2 fully saturated rings. The van der Waals surface area contributed by atoms with E-state index in [1.165, 1.54) is 13.5 Å². The fourth-order valence-electron chi connectivity index (χ4n) is 4.46. The highest BCUT2D eigenvalue weighted by Gasteiger charge is 2.40. The number of amides is 1. The van der Waals surface area contributed by atoms with Crippen LogP contribution in [0.1, 0.15) is 48.8 Å². The zero-order valence-corrected chi connectivity index (χ0v) is 20.8. The summed E-state index contributed by atoms with van der Waals surface area (Å²) < 4.78 is 11.5. The molecule has 1 heterocycles. The summed E-state index contributed by atoms with van der Waals surface area (Å²) in [5, 5.41) is 10.2. The number of ether oxygens (including phenoxy) is 2. The van der Waals surface area contributed by atoms with Crippen molar-refractivity contribution in [1.82, 2.24) is 9.80 Å². The summed E-state index contributed by atoms with van der Waals surface area (Å²) in [5.74, 6) is 0.737. The Morgan fingerprint density at radius 2 is 1.97 bits per heavy atom. The van der Waals surface area contributed by atoms with E-state index in [0.717, 1.165) is 31.2 Å². The van der Waals surface area contributed by atoms with E-state index in [2.05, 4.69) is 6.07 Å². The van der Waals surface area contributed by atoms with Crippen molar-refractivity contribution in [3.8, 4) is 17.6 Å². The molecule has 2 aliphatic rings. The first-order valence-corrected chi connectivity index (χ1v) is 12.0. The van der Waals surface area contributed by atoms with Crippen molar-refractivity contribution in [2.75, 3.05) is 14.2 Å². The zero-order chi connectivity index (χ0) is 24.2. The average molecular weight is 496 g/mol.